The molecule has 3 heteroatoms. The summed E-state index contributed by atoms with van der Waals surface area (Å²) in [6.07, 6.45) is 12.5. The number of aromatic nitrogens is 2. The maximum absolute atomic E-state index is 12.2. The van der Waals surface area contributed by atoms with Crippen LogP contribution in [0.3, 0.4) is 0 Å². The summed E-state index contributed by atoms with van der Waals surface area (Å²) in [5, 5.41) is 0. The first-order chi connectivity index (χ1) is 8.56. The van der Waals surface area contributed by atoms with Gasteiger partial charge < -0.3 is 4.57 Å². The van der Waals surface area contributed by atoms with Crippen LogP contribution < -0.4 is 0 Å². The van der Waals surface area contributed by atoms with Crippen LogP contribution in [0.15, 0.2) is 18.7 Å². The highest BCUT2D eigenvalue weighted by Crippen LogP contribution is 2.26. The van der Waals surface area contributed by atoms with Crippen LogP contribution >= 0.6 is 0 Å². The van der Waals surface area contributed by atoms with Gasteiger partial charge in [-0.3, -0.25) is 4.79 Å². The summed E-state index contributed by atoms with van der Waals surface area (Å²) >= 11 is 0. The first-order valence-corrected chi connectivity index (χ1v) is 7.05. The number of rotatable bonds is 9. The molecule has 102 valence electrons. The molecular weight excluding hydrogens is 224 g/mol. The molecule has 1 rings (SSSR count). The van der Waals surface area contributed by atoms with Crippen LogP contribution in [-0.4, -0.2) is 15.3 Å². The topological polar surface area (TPSA) is 34.9 Å². The fraction of sp³-hybridized carbons (Fsp3) is 0.733. The van der Waals surface area contributed by atoms with Crippen LogP contribution in [-0.2, 0) is 11.3 Å². The van der Waals surface area contributed by atoms with Gasteiger partial charge in [0.2, 0.25) is 0 Å². The molecule has 1 heterocycles. The highest BCUT2D eigenvalue weighted by Gasteiger charge is 2.26. The second kappa shape index (κ2) is 7.34. The van der Waals surface area contributed by atoms with Crippen LogP contribution in [0.1, 0.15) is 59.3 Å². The zero-order valence-electron chi connectivity index (χ0n) is 12.0. The third kappa shape index (κ3) is 5.03. The second-order valence-electron chi connectivity index (χ2n) is 5.71. The fourth-order valence-corrected chi connectivity index (χ4v) is 2.07. The summed E-state index contributed by atoms with van der Waals surface area (Å²) in [6.45, 7) is 6.79. The van der Waals surface area contributed by atoms with Gasteiger partial charge in [0.1, 0.15) is 0 Å². The maximum atomic E-state index is 12.2. The smallest absolute Gasteiger partial charge is 0.158 e. The lowest BCUT2D eigenvalue weighted by atomic mass is 9.82. The highest BCUT2D eigenvalue weighted by molar-refractivity contribution is 5.83. The van der Waals surface area contributed by atoms with E-state index in [4.69, 9.17) is 0 Å². The van der Waals surface area contributed by atoms with E-state index in [1.54, 1.807) is 12.5 Å². The number of hydrogen-bond donors (Lipinski definition) is 0. The van der Waals surface area contributed by atoms with E-state index in [-0.39, 0.29) is 5.41 Å². The Balaban J connectivity index is 2.30. The Morgan fingerprint density at radius 2 is 1.94 bits per heavy atom. The zero-order valence-corrected chi connectivity index (χ0v) is 12.0. The van der Waals surface area contributed by atoms with Gasteiger partial charge >= 0.3 is 0 Å². The van der Waals surface area contributed by atoms with Crippen molar-refractivity contribution in [1.82, 2.24) is 9.55 Å². The van der Waals surface area contributed by atoms with E-state index in [0.29, 0.717) is 12.3 Å². The number of ketones is 1. The Morgan fingerprint density at radius 3 is 2.56 bits per heavy atom. The van der Waals surface area contributed by atoms with Crippen LogP contribution in [0.5, 0.6) is 0 Å². The van der Waals surface area contributed by atoms with Gasteiger partial charge in [-0.1, -0.05) is 52.9 Å². The predicted molar refractivity (Wildman–Crippen MR) is 74.4 cm³/mol. The van der Waals surface area contributed by atoms with Crippen molar-refractivity contribution < 1.29 is 4.79 Å². The van der Waals surface area contributed by atoms with Crippen LogP contribution in [0.4, 0.5) is 0 Å². The Kier molecular flexibility index (Phi) is 6.10. The van der Waals surface area contributed by atoms with Crippen molar-refractivity contribution in [3.63, 3.8) is 0 Å². The monoisotopic (exact) mass is 250 g/mol. The largest absolute Gasteiger partial charge is 0.330 e. The maximum Gasteiger partial charge on any atom is 0.158 e. The average Bonchev–Trinajstić information content (AvgIpc) is 2.81. The molecule has 0 spiro atoms. The van der Waals surface area contributed by atoms with Crippen LogP contribution in [0.25, 0.3) is 0 Å². The Bertz CT molecular complexity index is 341. The van der Waals surface area contributed by atoms with Crippen molar-refractivity contribution >= 4 is 5.78 Å². The van der Waals surface area contributed by atoms with E-state index in [1.165, 1.54) is 25.7 Å². The summed E-state index contributed by atoms with van der Waals surface area (Å²) in [5.74, 6) is 0.302. The fourth-order valence-electron chi connectivity index (χ4n) is 2.07. The van der Waals surface area contributed by atoms with Crippen molar-refractivity contribution in [3.8, 4) is 0 Å². The number of unbranched alkanes of at least 4 members (excludes halogenated alkanes) is 4. The molecule has 0 radical (unpaired) electrons. The molecule has 18 heavy (non-hydrogen) atoms. The quantitative estimate of drug-likeness (QED) is 0.624. The van der Waals surface area contributed by atoms with Crippen molar-refractivity contribution in [1.29, 1.82) is 0 Å². The van der Waals surface area contributed by atoms with Gasteiger partial charge in [-0.25, -0.2) is 4.98 Å². The summed E-state index contributed by atoms with van der Waals surface area (Å²) < 4.78 is 1.85. The molecule has 0 amide bonds. The van der Waals surface area contributed by atoms with Crippen molar-refractivity contribution in [2.75, 3.05) is 0 Å². The minimum Gasteiger partial charge on any atom is -0.330 e. The molecule has 0 atom stereocenters. The molecule has 3 nitrogen and oxygen atoms in total. The second-order valence-corrected chi connectivity index (χ2v) is 5.71. The van der Waals surface area contributed by atoms with E-state index in [1.807, 2.05) is 10.8 Å². The number of carbonyl (C=O) groups is 1. The number of hydrogen-bond acceptors (Lipinski definition) is 2. The third-order valence-corrected chi connectivity index (χ3v) is 3.55. The molecule has 0 aliphatic carbocycles. The SMILES string of the molecule is CCCCCCCC(C)(C)C(=O)Cn1ccnc1. The summed E-state index contributed by atoms with van der Waals surface area (Å²) in [4.78, 5) is 16.2. The first kappa shape index (κ1) is 14.9. The normalized spacial score (nSPS) is 11.7. The number of imidazole rings is 1. The molecular formula is C15H26N2O. The molecule has 0 N–H and O–H groups in total. The molecule has 0 saturated carbocycles. The summed E-state index contributed by atoms with van der Waals surface area (Å²) in [7, 11) is 0. The van der Waals surface area contributed by atoms with Gasteiger partial charge in [-0.2, -0.15) is 0 Å². The number of Topliss-reactive ketones (excluding diaryl/α,β-unsaturated/α-hetero) is 1. The van der Waals surface area contributed by atoms with Crippen LogP contribution in [0, 0.1) is 5.41 Å². The highest BCUT2D eigenvalue weighted by atomic mass is 16.1. The molecule has 1 aromatic heterocycles. The number of nitrogens with zero attached hydrogens (tertiary/aromatic N) is 2. The summed E-state index contributed by atoms with van der Waals surface area (Å²) in [5.41, 5.74) is -0.212. The molecule has 0 aliphatic rings. The van der Waals surface area contributed by atoms with Gasteiger partial charge in [0.25, 0.3) is 0 Å². The third-order valence-electron chi connectivity index (χ3n) is 3.55. The van der Waals surface area contributed by atoms with Crippen LogP contribution in [0.2, 0.25) is 0 Å². The minimum atomic E-state index is -0.212. The summed E-state index contributed by atoms with van der Waals surface area (Å²) in [6, 6.07) is 0. The molecule has 0 saturated heterocycles. The van der Waals surface area contributed by atoms with E-state index >= 15 is 0 Å². The Morgan fingerprint density at radius 1 is 1.22 bits per heavy atom. The Hall–Kier alpha value is -1.12. The van der Waals surface area contributed by atoms with E-state index in [0.717, 1.165) is 12.8 Å². The van der Waals surface area contributed by atoms with Crippen molar-refractivity contribution in [2.45, 2.75) is 65.8 Å². The van der Waals surface area contributed by atoms with E-state index in [2.05, 4.69) is 25.8 Å². The number of carbonyl (C=O) groups excluding carboxylic acids is 1. The molecule has 0 unspecified atom stereocenters. The van der Waals surface area contributed by atoms with Crippen molar-refractivity contribution in [2.24, 2.45) is 5.41 Å². The van der Waals surface area contributed by atoms with Gasteiger partial charge in [0, 0.05) is 17.8 Å². The lowest BCUT2D eigenvalue weighted by molar-refractivity contribution is -0.128. The molecule has 0 aromatic carbocycles. The van der Waals surface area contributed by atoms with Gasteiger partial charge in [-0.05, 0) is 6.42 Å². The molecule has 0 fully saturated rings. The molecule has 1 aromatic rings. The van der Waals surface area contributed by atoms with E-state index < -0.39 is 0 Å². The standard InChI is InChI=1S/C15H26N2O/c1-4-5-6-7-8-9-15(2,3)14(18)12-17-11-10-16-13-17/h10-11,13H,4-9,12H2,1-3H3. The molecule has 0 bridgehead atoms. The lowest BCUT2D eigenvalue weighted by Gasteiger charge is -2.23. The predicted octanol–water partition coefficient (Wildman–Crippen LogP) is 3.84. The van der Waals surface area contributed by atoms with Crippen molar-refractivity contribution in [3.05, 3.63) is 18.7 Å². The zero-order chi connectivity index (χ0) is 13.4. The van der Waals surface area contributed by atoms with E-state index in [9.17, 15) is 4.79 Å². The van der Waals surface area contributed by atoms with Gasteiger partial charge in [-0.15, -0.1) is 0 Å². The molecule has 0 aliphatic heterocycles. The minimum absolute atomic E-state index is 0.212. The first-order valence-electron chi connectivity index (χ1n) is 7.05. The lowest BCUT2D eigenvalue weighted by Crippen LogP contribution is -2.27. The van der Waals surface area contributed by atoms with Gasteiger partial charge in [0.05, 0.1) is 12.9 Å². The van der Waals surface area contributed by atoms with Gasteiger partial charge in [0.15, 0.2) is 5.78 Å². The average molecular weight is 250 g/mol. The Labute approximate surface area is 111 Å².